The Labute approximate surface area is 136 Å². The Morgan fingerprint density at radius 1 is 1.43 bits per heavy atom. The van der Waals surface area contributed by atoms with Gasteiger partial charge < -0.3 is 14.1 Å². The average Bonchev–Trinajstić information content (AvgIpc) is 3.18. The van der Waals surface area contributed by atoms with E-state index in [2.05, 4.69) is 5.10 Å². The van der Waals surface area contributed by atoms with Gasteiger partial charge in [-0.1, -0.05) is 0 Å². The summed E-state index contributed by atoms with van der Waals surface area (Å²) in [5, 5.41) is 4.26. The van der Waals surface area contributed by atoms with Crippen LogP contribution < -0.4 is 0 Å². The fourth-order valence-corrected chi connectivity index (χ4v) is 3.43. The van der Waals surface area contributed by atoms with Gasteiger partial charge in [0.25, 0.3) is 5.91 Å². The Morgan fingerprint density at radius 2 is 2.22 bits per heavy atom. The van der Waals surface area contributed by atoms with Crippen LogP contribution in [0, 0.1) is 19.8 Å². The van der Waals surface area contributed by atoms with Crippen molar-refractivity contribution in [1.82, 2.24) is 14.7 Å². The van der Waals surface area contributed by atoms with E-state index < -0.39 is 0 Å². The molecule has 1 aliphatic rings. The highest BCUT2D eigenvalue weighted by molar-refractivity contribution is 5.93. The maximum atomic E-state index is 12.8. The minimum Gasteiger partial charge on any atom is -0.456 e. The van der Waals surface area contributed by atoms with Crippen LogP contribution in [0.1, 0.15) is 33.4 Å². The van der Waals surface area contributed by atoms with Gasteiger partial charge in [0.1, 0.15) is 5.76 Å². The molecule has 1 aliphatic heterocycles. The molecular weight excluding hydrogens is 294 g/mol. The van der Waals surface area contributed by atoms with Crippen LogP contribution in [0.15, 0.2) is 22.9 Å². The van der Waals surface area contributed by atoms with Crippen LogP contribution in [0.2, 0.25) is 0 Å². The van der Waals surface area contributed by atoms with Crippen molar-refractivity contribution in [3.63, 3.8) is 0 Å². The van der Waals surface area contributed by atoms with E-state index in [9.17, 15) is 4.79 Å². The number of methoxy groups -OCH3 is 1. The molecule has 0 aromatic carbocycles. The molecule has 6 nitrogen and oxygen atoms in total. The van der Waals surface area contributed by atoms with Crippen molar-refractivity contribution in [2.24, 2.45) is 13.0 Å². The summed E-state index contributed by atoms with van der Waals surface area (Å²) in [5.74, 6) is 1.68. The molecule has 6 heteroatoms. The van der Waals surface area contributed by atoms with Gasteiger partial charge >= 0.3 is 0 Å². The van der Waals surface area contributed by atoms with Crippen LogP contribution in [0.5, 0.6) is 0 Å². The lowest BCUT2D eigenvalue weighted by atomic mass is 9.92. The number of aryl methyl sites for hydroxylation is 3. The molecule has 1 amide bonds. The van der Waals surface area contributed by atoms with E-state index in [1.807, 2.05) is 44.3 Å². The van der Waals surface area contributed by atoms with E-state index in [1.54, 1.807) is 11.8 Å². The van der Waals surface area contributed by atoms with Crippen LogP contribution in [0.25, 0.3) is 0 Å². The molecule has 0 bridgehead atoms. The van der Waals surface area contributed by atoms with Gasteiger partial charge in [-0.15, -0.1) is 0 Å². The third kappa shape index (κ3) is 3.03. The maximum Gasteiger partial charge on any atom is 0.289 e. The van der Waals surface area contributed by atoms with Crippen molar-refractivity contribution in [1.29, 1.82) is 0 Å². The number of ether oxygens (including phenoxy) is 1. The molecule has 23 heavy (non-hydrogen) atoms. The number of amides is 1. The Balaban J connectivity index is 1.82. The van der Waals surface area contributed by atoms with E-state index in [4.69, 9.17) is 9.15 Å². The van der Waals surface area contributed by atoms with Crippen LogP contribution in [-0.4, -0.2) is 47.4 Å². The monoisotopic (exact) mass is 317 g/mol. The molecule has 3 rings (SSSR count). The molecule has 0 unspecified atom stereocenters. The molecule has 3 heterocycles. The lowest BCUT2D eigenvalue weighted by molar-refractivity contribution is 0.0741. The zero-order valence-corrected chi connectivity index (χ0v) is 14.1. The SMILES string of the molecule is COC[C@@H]1CN(C(=O)c2oc(C)cc2C)C[C@H]1c1cnn(C)c1. The molecule has 2 aromatic heterocycles. The van der Waals surface area contributed by atoms with E-state index in [1.165, 1.54) is 0 Å². The van der Waals surface area contributed by atoms with E-state index >= 15 is 0 Å². The second-order valence-corrected chi connectivity index (χ2v) is 6.35. The minimum absolute atomic E-state index is 0.0388. The normalized spacial score (nSPS) is 21.1. The number of hydrogen-bond donors (Lipinski definition) is 0. The van der Waals surface area contributed by atoms with Crippen LogP contribution in [0.3, 0.4) is 0 Å². The van der Waals surface area contributed by atoms with Gasteiger partial charge in [-0.05, 0) is 25.5 Å². The minimum atomic E-state index is -0.0388. The molecule has 2 atom stereocenters. The summed E-state index contributed by atoms with van der Waals surface area (Å²) < 4.78 is 12.7. The molecule has 1 fully saturated rings. The van der Waals surface area contributed by atoms with Gasteiger partial charge in [-0.3, -0.25) is 9.48 Å². The topological polar surface area (TPSA) is 60.5 Å². The lowest BCUT2D eigenvalue weighted by Gasteiger charge is -2.15. The smallest absolute Gasteiger partial charge is 0.289 e. The number of carbonyl (C=O) groups excluding carboxylic acids is 1. The Bertz CT molecular complexity index is 704. The van der Waals surface area contributed by atoms with Crippen molar-refractivity contribution in [2.45, 2.75) is 19.8 Å². The number of hydrogen-bond acceptors (Lipinski definition) is 4. The number of furan rings is 1. The van der Waals surface area contributed by atoms with Gasteiger partial charge in [-0.2, -0.15) is 5.10 Å². The summed E-state index contributed by atoms with van der Waals surface area (Å²) in [6, 6.07) is 1.90. The van der Waals surface area contributed by atoms with Crippen LogP contribution in [-0.2, 0) is 11.8 Å². The van der Waals surface area contributed by atoms with Gasteiger partial charge in [0.2, 0.25) is 0 Å². The largest absolute Gasteiger partial charge is 0.456 e. The van der Waals surface area contributed by atoms with Gasteiger partial charge in [0.05, 0.1) is 12.8 Å². The first-order valence-electron chi connectivity index (χ1n) is 7.83. The number of aromatic nitrogens is 2. The molecule has 2 aromatic rings. The third-order valence-electron chi connectivity index (χ3n) is 4.50. The maximum absolute atomic E-state index is 12.8. The van der Waals surface area contributed by atoms with Crippen molar-refractivity contribution < 1.29 is 13.9 Å². The zero-order chi connectivity index (χ0) is 16.6. The number of carbonyl (C=O) groups is 1. The van der Waals surface area contributed by atoms with Crippen LogP contribution in [0.4, 0.5) is 0 Å². The molecule has 0 N–H and O–H groups in total. The molecule has 1 saturated heterocycles. The quantitative estimate of drug-likeness (QED) is 0.867. The molecule has 0 saturated carbocycles. The standard InChI is InChI=1S/C17H23N3O3/c1-11-5-12(2)23-16(11)17(21)20-8-14(10-22-4)15(9-20)13-6-18-19(3)7-13/h5-7,14-15H,8-10H2,1-4H3/t14-,15-/m0/s1. The molecule has 124 valence electrons. The summed E-state index contributed by atoms with van der Waals surface area (Å²) in [7, 11) is 3.60. The summed E-state index contributed by atoms with van der Waals surface area (Å²) >= 11 is 0. The van der Waals surface area contributed by atoms with Crippen LogP contribution >= 0.6 is 0 Å². The highest BCUT2D eigenvalue weighted by atomic mass is 16.5. The van der Waals surface area contributed by atoms with Crippen molar-refractivity contribution >= 4 is 5.91 Å². The van der Waals surface area contributed by atoms with E-state index in [-0.39, 0.29) is 17.7 Å². The van der Waals surface area contributed by atoms with E-state index in [0.717, 1.165) is 16.9 Å². The van der Waals surface area contributed by atoms with Gasteiger partial charge in [-0.25, -0.2) is 0 Å². The second-order valence-electron chi connectivity index (χ2n) is 6.35. The predicted octanol–water partition coefficient (Wildman–Crippen LogP) is 2.13. The fraction of sp³-hybridized carbons (Fsp3) is 0.529. The summed E-state index contributed by atoms with van der Waals surface area (Å²) in [5.41, 5.74) is 2.04. The number of rotatable bonds is 4. The molecule has 0 radical (unpaired) electrons. The fourth-order valence-electron chi connectivity index (χ4n) is 3.43. The Hall–Kier alpha value is -2.08. The highest BCUT2D eigenvalue weighted by Gasteiger charge is 2.38. The Morgan fingerprint density at radius 3 is 2.78 bits per heavy atom. The third-order valence-corrected chi connectivity index (χ3v) is 4.50. The molecule has 0 aliphatic carbocycles. The van der Waals surface area contributed by atoms with E-state index in [0.29, 0.717) is 25.5 Å². The zero-order valence-electron chi connectivity index (χ0n) is 14.1. The highest BCUT2D eigenvalue weighted by Crippen LogP contribution is 2.34. The first kappa shape index (κ1) is 15.8. The second kappa shape index (κ2) is 6.20. The Kier molecular flexibility index (Phi) is 4.26. The summed E-state index contributed by atoms with van der Waals surface area (Å²) in [6.07, 6.45) is 3.90. The molecule has 0 spiro atoms. The summed E-state index contributed by atoms with van der Waals surface area (Å²) in [6.45, 7) is 5.73. The molecular formula is C17H23N3O3. The lowest BCUT2D eigenvalue weighted by Crippen LogP contribution is -2.29. The first-order chi connectivity index (χ1) is 11.0. The number of nitrogens with zero attached hydrogens (tertiary/aromatic N) is 3. The van der Waals surface area contributed by atoms with Crippen molar-refractivity contribution in [3.8, 4) is 0 Å². The first-order valence-corrected chi connectivity index (χ1v) is 7.83. The average molecular weight is 317 g/mol. The van der Waals surface area contributed by atoms with Gasteiger partial charge in [0.15, 0.2) is 5.76 Å². The van der Waals surface area contributed by atoms with Crippen molar-refractivity contribution in [3.05, 3.63) is 41.1 Å². The predicted molar refractivity (Wildman–Crippen MR) is 85.4 cm³/mol. The number of likely N-dealkylation sites (tertiary alicyclic amines) is 1. The van der Waals surface area contributed by atoms with Crippen molar-refractivity contribution in [2.75, 3.05) is 26.8 Å². The van der Waals surface area contributed by atoms with Gasteiger partial charge in [0, 0.05) is 50.8 Å². The summed E-state index contributed by atoms with van der Waals surface area (Å²) in [4.78, 5) is 14.7.